The molecule has 0 bridgehead atoms. The number of amides is 2. The average molecular weight is 572 g/mol. The molecule has 8 nitrogen and oxygen atoms in total. The van der Waals surface area contributed by atoms with Crippen LogP contribution in [0.4, 0.5) is 4.79 Å². The number of imide groups is 1. The van der Waals surface area contributed by atoms with Crippen molar-refractivity contribution in [3.05, 3.63) is 111 Å². The molecule has 1 aliphatic heterocycles. The fraction of sp³-hybridized carbons (Fsp3) is 0.250. The summed E-state index contributed by atoms with van der Waals surface area (Å²) >= 11 is 0.870. The van der Waals surface area contributed by atoms with Gasteiger partial charge in [-0.2, -0.15) is 0 Å². The SMILES string of the molecule is CC(C)(C)c1ccc(COc2ccc3c(=O)c(CC4SC(=O)N(Cc5ccc(C(=O)O)cc5)C4=O)coc3c2)cc1. The molecule has 1 aromatic heterocycles. The second-order valence-electron chi connectivity index (χ2n) is 11.0. The molecule has 0 radical (unpaired) electrons. The number of nitrogens with zero attached hydrogens (tertiary/aromatic N) is 1. The largest absolute Gasteiger partial charge is 0.489 e. The molecule has 1 unspecified atom stereocenters. The lowest BCUT2D eigenvalue weighted by atomic mass is 9.87. The molecule has 0 spiro atoms. The summed E-state index contributed by atoms with van der Waals surface area (Å²) in [6.07, 6.45) is 1.38. The first-order chi connectivity index (χ1) is 19.5. The van der Waals surface area contributed by atoms with E-state index < -0.39 is 22.4 Å². The van der Waals surface area contributed by atoms with E-state index in [-0.39, 0.29) is 29.4 Å². The number of benzene rings is 3. The van der Waals surface area contributed by atoms with Gasteiger partial charge in [-0.15, -0.1) is 0 Å². The van der Waals surface area contributed by atoms with Crippen LogP contribution in [0.3, 0.4) is 0 Å². The minimum atomic E-state index is -1.06. The maximum absolute atomic E-state index is 13.2. The first-order valence-corrected chi connectivity index (χ1v) is 14.0. The number of thioether (sulfide) groups is 1. The van der Waals surface area contributed by atoms with Crippen LogP contribution >= 0.6 is 11.8 Å². The zero-order valence-electron chi connectivity index (χ0n) is 22.9. The van der Waals surface area contributed by atoms with Gasteiger partial charge in [0.25, 0.3) is 5.24 Å². The average Bonchev–Trinajstić information content (AvgIpc) is 3.20. The van der Waals surface area contributed by atoms with Gasteiger partial charge in [0.2, 0.25) is 5.91 Å². The number of hydrogen-bond acceptors (Lipinski definition) is 7. The highest BCUT2D eigenvalue weighted by atomic mass is 32.2. The van der Waals surface area contributed by atoms with Gasteiger partial charge >= 0.3 is 5.97 Å². The van der Waals surface area contributed by atoms with E-state index >= 15 is 0 Å². The van der Waals surface area contributed by atoms with Crippen molar-refractivity contribution in [3.63, 3.8) is 0 Å². The molecule has 0 aliphatic carbocycles. The van der Waals surface area contributed by atoms with Gasteiger partial charge in [0, 0.05) is 18.1 Å². The summed E-state index contributed by atoms with van der Waals surface area (Å²) in [5.41, 5.74) is 3.49. The van der Waals surface area contributed by atoms with Crippen molar-refractivity contribution in [2.75, 3.05) is 0 Å². The van der Waals surface area contributed by atoms with E-state index in [1.165, 1.54) is 24.0 Å². The Kier molecular flexibility index (Phi) is 7.73. The van der Waals surface area contributed by atoms with Crippen LogP contribution in [0.5, 0.6) is 5.75 Å². The number of carbonyl (C=O) groups is 3. The smallest absolute Gasteiger partial charge is 0.335 e. The Morgan fingerprint density at radius 1 is 0.976 bits per heavy atom. The lowest BCUT2D eigenvalue weighted by Crippen LogP contribution is -2.32. The monoisotopic (exact) mass is 571 g/mol. The molecule has 5 rings (SSSR count). The summed E-state index contributed by atoms with van der Waals surface area (Å²) in [6, 6.07) is 19.3. The molecule has 1 N–H and O–H groups in total. The number of rotatable bonds is 8. The fourth-order valence-electron chi connectivity index (χ4n) is 4.55. The number of fused-ring (bicyclic) bond motifs is 1. The topological polar surface area (TPSA) is 114 Å². The van der Waals surface area contributed by atoms with Crippen molar-refractivity contribution in [2.24, 2.45) is 0 Å². The molecule has 1 atom stereocenters. The number of carboxylic acid groups (broad SMARTS) is 1. The van der Waals surface area contributed by atoms with Crippen LogP contribution in [0.1, 0.15) is 53.4 Å². The van der Waals surface area contributed by atoms with Gasteiger partial charge in [0.1, 0.15) is 17.9 Å². The molecule has 1 aliphatic rings. The fourth-order valence-corrected chi connectivity index (χ4v) is 5.57. The van der Waals surface area contributed by atoms with Crippen molar-refractivity contribution in [2.45, 2.75) is 51.0 Å². The second kappa shape index (κ2) is 11.2. The predicted molar refractivity (Wildman–Crippen MR) is 156 cm³/mol. The lowest BCUT2D eigenvalue weighted by Gasteiger charge is -2.19. The van der Waals surface area contributed by atoms with Crippen LogP contribution < -0.4 is 10.2 Å². The summed E-state index contributed by atoms with van der Waals surface area (Å²) in [5.74, 6) is -0.895. The summed E-state index contributed by atoms with van der Waals surface area (Å²) in [5, 5.41) is 8.25. The number of carbonyl (C=O) groups excluding carboxylic acids is 2. The van der Waals surface area contributed by atoms with Crippen LogP contribution in [0.2, 0.25) is 0 Å². The van der Waals surface area contributed by atoms with E-state index in [2.05, 4.69) is 32.9 Å². The third-order valence-electron chi connectivity index (χ3n) is 6.99. The van der Waals surface area contributed by atoms with Gasteiger partial charge in [-0.1, -0.05) is 68.9 Å². The van der Waals surface area contributed by atoms with Crippen LogP contribution in [0.25, 0.3) is 11.0 Å². The molecular weight excluding hydrogens is 542 g/mol. The molecule has 2 heterocycles. The van der Waals surface area contributed by atoms with Crippen molar-refractivity contribution >= 4 is 39.8 Å². The summed E-state index contributed by atoms with van der Waals surface area (Å²) in [7, 11) is 0. The Hall–Kier alpha value is -4.37. The lowest BCUT2D eigenvalue weighted by molar-refractivity contribution is -0.127. The Balaban J connectivity index is 1.25. The highest BCUT2D eigenvalue weighted by molar-refractivity contribution is 8.15. The minimum absolute atomic E-state index is 0.0247. The molecule has 1 saturated heterocycles. The van der Waals surface area contributed by atoms with Crippen molar-refractivity contribution < 1.29 is 28.6 Å². The van der Waals surface area contributed by atoms with Crippen molar-refractivity contribution in [1.29, 1.82) is 0 Å². The highest BCUT2D eigenvalue weighted by Crippen LogP contribution is 2.31. The van der Waals surface area contributed by atoms with E-state index in [1.807, 2.05) is 12.1 Å². The number of carboxylic acids is 1. The van der Waals surface area contributed by atoms with E-state index in [1.54, 1.807) is 30.3 Å². The minimum Gasteiger partial charge on any atom is -0.489 e. The van der Waals surface area contributed by atoms with E-state index in [4.69, 9.17) is 14.3 Å². The van der Waals surface area contributed by atoms with E-state index in [0.717, 1.165) is 22.2 Å². The molecule has 0 saturated carbocycles. The normalized spacial score (nSPS) is 15.5. The molecule has 210 valence electrons. The zero-order chi connectivity index (χ0) is 29.3. The summed E-state index contributed by atoms with van der Waals surface area (Å²) in [6.45, 7) is 6.89. The highest BCUT2D eigenvalue weighted by Gasteiger charge is 2.40. The third-order valence-corrected chi connectivity index (χ3v) is 8.07. The summed E-state index contributed by atoms with van der Waals surface area (Å²) < 4.78 is 11.7. The van der Waals surface area contributed by atoms with Crippen LogP contribution in [0, 0.1) is 0 Å². The Morgan fingerprint density at radius 2 is 1.66 bits per heavy atom. The van der Waals surface area contributed by atoms with Gasteiger partial charge < -0.3 is 14.3 Å². The molecule has 41 heavy (non-hydrogen) atoms. The predicted octanol–water partition coefficient (Wildman–Crippen LogP) is 6.17. The van der Waals surface area contributed by atoms with Gasteiger partial charge in [-0.25, -0.2) is 4.79 Å². The maximum Gasteiger partial charge on any atom is 0.335 e. The number of aromatic carboxylic acids is 1. The van der Waals surface area contributed by atoms with E-state index in [9.17, 15) is 19.2 Å². The summed E-state index contributed by atoms with van der Waals surface area (Å²) in [4.78, 5) is 51.0. The van der Waals surface area contributed by atoms with Crippen LogP contribution in [0.15, 0.2) is 82.2 Å². The molecule has 2 amide bonds. The molecular formula is C32H29NO7S. The van der Waals surface area contributed by atoms with Gasteiger partial charge in [-0.05, 0) is 46.4 Å². The Morgan fingerprint density at radius 3 is 2.32 bits per heavy atom. The quantitative estimate of drug-likeness (QED) is 0.267. The number of hydrogen-bond donors (Lipinski definition) is 1. The van der Waals surface area contributed by atoms with Crippen molar-refractivity contribution in [1.82, 2.24) is 4.90 Å². The first-order valence-electron chi connectivity index (χ1n) is 13.1. The van der Waals surface area contributed by atoms with Crippen LogP contribution in [-0.4, -0.2) is 32.4 Å². The molecule has 9 heteroatoms. The second-order valence-corrected chi connectivity index (χ2v) is 12.1. The Bertz CT molecular complexity index is 1680. The number of ether oxygens (including phenoxy) is 1. The van der Waals surface area contributed by atoms with Crippen LogP contribution in [-0.2, 0) is 29.8 Å². The third kappa shape index (κ3) is 6.20. The van der Waals surface area contributed by atoms with E-state index in [0.29, 0.717) is 34.5 Å². The van der Waals surface area contributed by atoms with Gasteiger partial charge in [0.05, 0.1) is 29.0 Å². The van der Waals surface area contributed by atoms with Crippen molar-refractivity contribution in [3.8, 4) is 5.75 Å². The van der Waals surface area contributed by atoms with Gasteiger partial charge in [-0.3, -0.25) is 19.3 Å². The zero-order valence-corrected chi connectivity index (χ0v) is 23.7. The Labute approximate surface area is 240 Å². The molecule has 4 aromatic rings. The standard InChI is InChI=1S/C32H29NO7S/c1-32(2,3)23-10-6-20(7-11-23)17-39-24-12-13-25-26(15-24)40-18-22(28(25)34)14-27-29(35)33(31(38)41-27)16-19-4-8-21(9-5-19)30(36)37/h4-13,15,18,27H,14,16-17H2,1-3H3,(H,36,37). The maximum atomic E-state index is 13.2. The first kappa shape index (κ1) is 28.2. The molecule has 3 aromatic carbocycles. The van der Waals surface area contributed by atoms with Gasteiger partial charge in [0.15, 0.2) is 5.43 Å². The molecule has 1 fully saturated rings.